The van der Waals surface area contributed by atoms with E-state index in [1.807, 2.05) is 13.8 Å². The van der Waals surface area contributed by atoms with Crippen molar-refractivity contribution in [3.05, 3.63) is 53.5 Å². The molecule has 1 fully saturated rings. The molecule has 0 bridgehead atoms. The van der Waals surface area contributed by atoms with Gasteiger partial charge in [0.05, 0.1) is 55.2 Å². The maximum atomic E-state index is 12.3. The third-order valence-corrected chi connectivity index (χ3v) is 5.98. The average molecular weight is 586 g/mol. The van der Waals surface area contributed by atoms with E-state index in [0.29, 0.717) is 71.9 Å². The molecule has 12 nitrogen and oxygen atoms in total. The van der Waals surface area contributed by atoms with Gasteiger partial charge in [0.1, 0.15) is 23.9 Å². The van der Waals surface area contributed by atoms with Gasteiger partial charge in [0.2, 0.25) is 5.88 Å². The minimum absolute atomic E-state index is 0.187. The summed E-state index contributed by atoms with van der Waals surface area (Å²) in [5.74, 6) is 2.64. The van der Waals surface area contributed by atoms with Crippen LogP contribution in [0.1, 0.15) is 26.0 Å². The lowest BCUT2D eigenvalue weighted by Crippen LogP contribution is -2.36. The van der Waals surface area contributed by atoms with E-state index in [2.05, 4.69) is 25.8 Å². The average Bonchev–Trinajstić information content (AvgIpc) is 3.36. The monoisotopic (exact) mass is 585 g/mol. The first-order valence-corrected chi connectivity index (χ1v) is 13.5. The summed E-state index contributed by atoms with van der Waals surface area (Å²) in [6.07, 6.45) is 2.31. The fourth-order valence-electron chi connectivity index (χ4n) is 3.66. The zero-order chi connectivity index (χ0) is 29.2. The van der Waals surface area contributed by atoms with Crippen molar-refractivity contribution < 1.29 is 33.0 Å². The van der Waals surface area contributed by atoms with Gasteiger partial charge in [-0.1, -0.05) is 30.6 Å². The number of carbonyl (C=O) groups excluding carboxylic acids is 1. The van der Waals surface area contributed by atoms with Crippen molar-refractivity contribution in [1.29, 1.82) is 0 Å². The highest BCUT2D eigenvalue weighted by Crippen LogP contribution is 2.37. The number of aromatic nitrogens is 3. The first kappa shape index (κ1) is 29.8. The van der Waals surface area contributed by atoms with E-state index >= 15 is 0 Å². The third kappa shape index (κ3) is 7.97. The topological polar surface area (TPSA) is 139 Å². The van der Waals surface area contributed by atoms with Crippen LogP contribution in [-0.2, 0) is 9.47 Å². The molecule has 218 valence electrons. The Labute approximate surface area is 242 Å². The van der Waals surface area contributed by atoms with Crippen molar-refractivity contribution in [3.8, 4) is 23.1 Å². The van der Waals surface area contributed by atoms with Gasteiger partial charge < -0.3 is 33.5 Å². The highest BCUT2D eigenvalue weighted by atomic mass is 35.5. The molecule has 0 saturated carbocycles. The molecule has 4 aromatic rings. The van der Waals surface area contributed by atoms with Gasteiger partial charge in [0, 0.05) is 24.6 Å². The van der Waals surface area contributed by atoms with E-state index in [-0.39, 0.29) is 16.9 Å². The van der Waals surface area contributed by atoms with Gasteiger partial charge in [-0.15, -0.1) is 0 Å². The number of benzene rings is 2. The molecule has 1 aliphatic rings. The van der Waals surface area contributed by atoms with Gasteiger partial charge in [-0.25, -0.2) is 14.8 Å². The fourth-order valence-corrected chi connectivity index (χ4v) is 3.88. The van der Waals surface area contributed by atoms with Crippen LogP contribution < -0.4 is 24.8 Å². The molecule has 1 aliphatic heterocycles. The normalized spacial score (nSPS) is 12.6. The number of nitrogens with zero attached hydrogens (tertiary/aromatic N) is 3. The van der Waals surface area contributed by atoms with Crippen LogP contribution in [-0.4, -0.2) is 60.8 Å². The van der Waals surface area contributed by atoms with Crippen molar-refractivity contribution in [2.24, 2.45) is 0 Å². The number of halogens is 1. The Morgan fingerprint density at radius 3 is 2.59 bits per heavy atom. The molecule has 0 unspecified atom stereocenters. The van der Waals surface area contributed by atoms with Gasteiger partial charge in [-0.3, -0.25) is 5.32 Å². The van der Waals surface area contributed by atoms with Crippen molar-refractivity contribution in [1.82, 2.24) is 15.1 Å². The van der Waals surface area contributed by atoms with Gasteiger partial charge >= 0.3 is 6.03 Å². The number of hydrogen-bond donors (Lipinski definition) is 2. The summed E-state index contributed by atoms with van der Waals surface area (Å²) in [6.45, 7) is 8.07. The number of fused-ring (bicyclic) bond motifs is 1. The van der Waals surface area contributed by atoms with E-state index in [0.717, 1.165) is 6.42 Å². The zero-order valence-corrected chi connectivity index (χ0v) is 24.0. The molecule has 5 rings (SSSR count). The molecular formula is C28H32ClN5O7. The van der Waals surface area contributed by atoms with Gasteiger partial charge in [0.15, 0.2) is 17.3 Å². The fraction of sp³-hybridized carbons (Fsp3) is 0.357. The van der Waals surface area contributed by atoms with E-state index in [1.54, 1.807) is 50.4 Å². The van der Waals surface area contributed by atoms with Crippen LogP contribution in [0.25, 0.3) is 10.9 Å². The van der Waals surface area contributed by atoms with E-state index in [1.165, 1.54) is 6.33 Å². The second kappa shape index (κ2) is 14.5. The van der Waals surface area contributed by atoms with Crippen molar-refractivity contribution in [2.75, 3.05) is 44.2 Å². The predicted molar refractivity (Wildman–Crippen MR) is 154 cm³/mol. The van der Waals surface area contributed by atoms with Crippen molar-refractivity contribution >= 4 is 40.0 Å². The molecule has 0 spiro atoms. The van der Waals surface area contributed by atoms with E-state index in [4.69, 9.17) is 39.8 Å². The summed E-state index contributed by atoms with van der Waals surface area (Å²) in [5, 5.41) is 9.82. The van der Waals surface area contributed by atoms with Crippen LogP contribution in [0.15, 0.2) is 47.2 Å². The molecular weight excluding hydrogens is 554 g/mol. The number of nitrogens with one attached hydrogen (secondary N) is 2. The highest BCUT2D eigenvalue weighted by molar-refractivity contribution is 6.34. The molecule has 0 aliphatic carbocycles. The number of aryl methyl sites for hydroxylation is 1. The maximum Gasteiger partial charge on any atom is 0.324 e. The lowest BCUT2D eigenvalue weighted by Gasteiger charge is -2.25. The molecule has 3 heterocycles. The lowest BCUT2D eigenvalue weighted by atomic mass is 10.2. The second-order valence-corrected chi connectivity index (χ2v) is 8.98. The Hall–Kier alpha value is -4.13. The van der Waals surface area contributed by atoms with Crippen LogP contribution in [0.2, 0.25) is 5.02 Å². The van der Waals surface area contributed by atoms with Crippen LogP contribution in [0.4, 0.5) is 16.3 Å². The van der Waals surface area contributed by atoms with Crippen LogP contribution in [0, 0.1) is 6.92 Å². The molecule has 2 aromatic heterocycles. The molecule has 2 N–H and O–H groups in total. The van der Waals surface area contributed by atoms with E-state index < -0.39 is 6.03 Å². The number of amides is 2. The SMILES string of the molecule is CC.COc1cc2c(Oc3ccc(NC(=O)Nc4cc(C)on4)c(Cl)c3)ncnc2cc1OCCCOC1COC1. The summed E-state index contributed by atoms with van der Waals surface area (Å²) < 4.78 is 33.2. The second-order valence-electron chi connectivity index (χ2n) is 8.58. The molecule has 1 saturated heterocycles. The Morgan fingerprint density at radius 2 is 1.90 bits per heavy atom. The minimum atomic E-state index is -0.522. The third-order valence-electron chi connectivity index (χ3n) is 5.66. The predicted octanol–water partition coefficient (Wildman–Crippen LogP) is 6.24. The zero-order valence-electron chi connectivity index (χ0n) is 23.2. The Bertz CT molecular complexity index is 1460. The van der Waals surface area contributed by atoms with Gasteiger partial charge in [-0.2, -0.15) is 0 Å². The molecule has 13 heteroatoms. The molecule has 0 atom stereocenters. The van der Waals surface area contributed by atoms with Gasteiger partial charge in [0.25, 0.3) is 0 Å². The summed E-state index contributed by atoms with van der Waals surface area (Å²) in [4.78, 5) is 20.9. The molecule has 2 aromatic carbocycles. The van der Waals surface area contributed by atoms with Crippen LogP contribution >= 0.6 is 11.6 Å². The quantitative estimate of drug-likeness (QED) is 0.194. The number of ether oxygens (including phenoxy) is 5. The maximum absolute atomic E-state index is 12.3. The Morgan fingerprint density at radius 1 is 1.07 bits per heavy atom. The summed E-state index contributed by atoms with van der Waals surface area (Å²) >= 11 is 6.39. The van der Waals surface area contributed by atoms with E-state index in [9.17, 15) is 4.79 Å². The highest BCUT2D eigenvalue weighted by Gasteiger charge is 2.18. The largest absolute Gasteiger partial charge is 0.493 e. The summed E-state index contributed by atoms with van der Waals surface area (Å²) in [5.41, 5.74) is 0.993. The Balaban J connectivity index is 0.00000189. The number of urea groups is 1. The summed E-state index contributed by atoms with van der Waals surface area (Å²) in [6, 6.07) is 9.44. The smallest absolute Gasteiger partial charge is 0.324 e. The molecule has 0 radical (unpaired) electrons. The van der Waals surface area contributed by atoms with Crippen molar-refractivity contribution in [2.45, 2.75) is 33.3 Å². The molecule has 2 amide bonds. The minimum Gasteiger partial charge on any atom is -0.493 e. The summed E-state index contributed by atoms with van der Waals surface area (Å²) in [7, 11) is 1.56. The lowest BCUT2D eigenvalue weighted by molar-refractivity contribution is -0.130. The number of methoxy groups -OCH3 is 1. The number of anilines is 2. The van der Waals surface area contributed by atoms with Crippen LogP contribution in [0.5, 0.6) is 23.1 Å². The Kier molecular flexibility index (Phi) is 10.5. The molecule has 41 heavy (non-hydrogen) atoms. The first-order chi connectivity index (χ1) is 20.0. The van der Waals surface area contributed by atoms with Crippen molar-refractivity contribution in [3.63, 3.8) is 0 Å². The standard InChI is InChI=1S/C26H26ClN5O7.C2H6/c1-15-8-24(32-39-15)31-26(33)30-20-5-4-16(9-19(20)27)38-25-18-10-22(34-2)23(11-21(18)28-14-29-25)37-7-3-6-36-17-12-35-13-17;1-2/h4-5,8-11,14,17H,3,6-7,12-13H2,1-2H3,(H2,30,31,32,33);1-2H3. The first-order valence-electron chi connectivity index (χ1n) is 13.1. The number of hydrogen-bond acceptors (Lipinski definition) is 10. The number of rotatable bonds is 11. The number of carbonyl (C=O) groups is 1. The van der Waals surface area contributed by atoms with Crippen LogP contribution in [0.3, 0.4) is 0 Å². The van der Waals surface area contributed by atoms with Gasteiger partial charge in [-0.05, 0) is 25.1 Å².